The lowest BCUT2D eigenvalue weighted by molar-refractivity contribution is -0.131. The van der Waals surface area contributed by atoms with Gasteiger partial charge in [-0.2, -0.15) is 0 Å². The molecule has 0 aliphatic rings. The first-order valence-corrected chi connectivity index (χ1v) is 4.18. The Balaban J connectivity index is 2.94. The lowest BCUT2D eigenvalue weighted by atomic mass is 10.1. The molecular weight excluding hydrogens is 204 g/mol. The Bertz CT molecular complexity index is 396. The second kappa shape index (κ2) is 4.58. The van der Waals surface area contributed by atoms with Crippen LogP contribution in [0.5, 0.6) is 0 Å². The number of aliphatic carboxylic acids is 1. The summed E-state index contributed by atoms with van der Waals surface area (Å²) in [5.41, 5.74) is 0.970. The van der Waals surface area contributed by atoms with Crippen LogP contribution in [0.4, 0.5) is 0 Å². The molecule has 1 aromatic rings. The van der Waals surface area contributed by atoms with Crippen LogP contribution in [-0.4, -0.2) is 16.3 Å². The van der Waals surface area contributed by atoms with Gasteiger partial charge in [0, 0.05) is 11.6 Å². The molecule has 3 nitrogen and oxygen atoms in total. The van der Waals surface area contributed by atoms with Gasteiger partial charge in [0.25, 0.3) is 5.24 Å². The lowest BCUT2D eigenvalue weighted by Gasteiger charge is -1.95. The van der Waals surface area contributed by atoms with Crippen LogP contribution < -0.4 is 0 Å². The minimum atomic E-state index is -1.03. The third-order valence-electron chi connectivity index (χ3n) is 1.53. The quantitative estimate of drug-likeness (QED) is 0.615. The fourth-order valence-electron chi connectivity index (χ4n) is 0.932. The number of carboxylic acids is 1. The molecule has 72 valence electrons. The highest BCUT2D eigenvalue weighted by Gasteiger charge is 2.00. The molecule has 0 heterocycles. The maximum atomic E-state index is 10.8. The lowest BCUT2D eigenvalue weighted by Crippen LogP contribution is -1.89. The molecule has 4 heteroatoms. The fraction of sp³-hybridized carbons (Fsp3) is 0. The zero-order valence-corrected chi connectivity index (χ0v) is 7.86. The summed E-state index contributed by atoms with van der Waals surface area (Å²) in [7, 11) is 0. The van der Waals surface area contributed by atoms with Crippen molar-refractivity contribution >= 4 is 28.9 Å². The van der Waals surface area contributed by atoms with Gasteiger partial charge in [0.2, 0.25) is 0 Å². The summed E-state index contributed by atoms with van der Waals surface area (Å²) in [6.07, 6.45) is 2.39. The van der Waals surface area contributed by atoms with Crippen LogP contribution in [0.25, 0.3) is 6.08 Å². The number of carbonyl (C=O) groups excluding carboxylic acids is 1. The number of rotatable bonds is 3. The van der Waals surface area contributed by atoms with E-state index in [1.807, 2.05) is 0 Å². The van der Waals surface area contributed by atoms with Crippen molar-refractivity contribution in [1.29, 1.82) is 0 Å². The molecule has 0 fully saturated rings. The van der Waals surface area contributed by atoms with Crippen molar-refractivity contribution in [1.82, 2.24) is 0 Å². The van der Waals surface area contributed by atoms with Crippen LogP contribution in [0.1, 0.15) is 15.9 Å². The predicted molar refractivity (Wildman–Crippen MR) is 53.3 cm³/mol. The van der Waals surface area contributed by atoms with Gasteiger partial charge in [-0.05, 0) is 29.3 Å². The van der Waals surface area contributed by atoms with Crippen molar-refractivity contribution in [3.8, 4) is 0 Å². The number of hydrogen-bond acceptors (Lipinski definition) is 2. The highest BCUT2D eigenvalue weighted by molar-refractivity contribution is 6.67. The van der Waals surface area contributed by atoms with Crippen molar-refractivity contribution in [2.75, 3.05) is 0 Å². The highest BCUT2D eigenvalue weighted by Crippen LogP contribution is 2.09. The molecule has 0 saturated carbocycles. The summed E-state index contributed by atoms with van der Waals surface area (Å²) in [6, 6.07) is 6.40. The van der Waals surface area contributed by atoms with E-state index in [1.165, 1.54) is 12.1 Å². The Morgan fingerprint density at radius 2 is 2.07 bits per heavy atom. The molecule has 0 spiro atoms. The zero-order chi connectivity index (χ0) is 10.6. The van der Waals surface area contributed by atoms with Gasteiger partial charge in [0.15, 0.2) is 0 Å². The first-order valence-electron chi connectivity index (χ1n) is 3.80. The molecule has 0 saturated heterocycles. The van der Waals surface area contributed by atoms with Crippen LogP contribution >= 0.6 is 11.6 Å². The monoisotopic (exact) mass is 210 g/mol. The molecule has 0 unspecified atom stereocenters. The highest BCUT2D eigenvalue weighted by atomic mass is 35.5. The maximum Gasteiger partial charge on any atom is 0.328 e. The number of carbonyl (C=O) groups is 2. The van der Waals surface area contributed by atoms with Crippen molar-refractivity contribution in [3.05, 3.63) is 41.5 Å². The van der Waals surface area contributed by atoms with E-state index in [1.54, 1.807) is 18.2 Å². The smallest absolute Gasteiger partial charge is 0.328 e. The maximum absolute atomic E-state index is 10.8. The first-order chi connectivity index (χ1) is 6.59. The summed E-state index contributed by atoms with van der Waals surface area (Å²) in [6.45, 7) is 0. The topological polar surface area (TPSA) is 54.4 Å². The number of halogens is 1. The minimum Gasteiger partial charge on any atom is -0.478 e. The average Bonchev–Trinajstić information content (AvgIpc) is 2.15. The van der Waals surface area contributed by atoms with E-state index in [0.717, 1.165) is 6.08 Å². The van der Waals surface area contributed by atoms with Crippen LogP contribution in [0.15, 0.2) is 30.3 Å². The fourth-order valence-corrected chi connectivity index (χ4v) is 1.05. The molecule has 1 aromatic carbocycles. The van der Waals surface area contributed by atoms with Crippen molar-refractivity contribution in [2.45, 2.75) is 0 Å². The summed E-state index contributed by atoms with van der Waals surface area (Å²) in [5, 5.41) is 7.81. The van der Waals surface area contributed by atoms with E-state index in [9.17, 15) is 9.59 Å². The van der Waals surface area contributed by atoms with E-state index in [-0.39, 0.29) is 0 Å². The van der Waals surface area contributed by atoms with Crippen molar-refractivity contribution in [3.63, 3.8) is 0 Å². The van der Waals surface area contributed by atoms with Crippen LogP contribution in [0.2, 0.25) is 0 Å². The van der Waals surface area contributed by atoms with Gasteiger partial charge in [-0.3, -0.25) is 4.79 Å². The second-order valence-corrected chi connectivity index (χ2v) is 2.91. The standard InChI is InChI=1S/C10H7ClO3/c11-10(14)8-3-1-2-7(6-8)4-5-9(12)13/h1-6H,(H,12,13). The van der Waals surface area contributed by atoms with Gasteiger partial charge in [0.1, 0.15) is 0 Å². The Kier molecular flexibility index (Phi) is 3.42. The predicted octanol–water partition coefficient (Wildman–Crippen LogP) is 2.16. The van der Waals surface area contributed by atoms with Gasteiger partial charge in [-0.1, -0.05) is 18.2 Å². The zero-order valence-electron chi connectivity index (χ0n) is 7.11. The normalized spacial score (nSPS) is 10.4. The summed E-state index contributed by atoms with van der Waals surface area (Å²) in [5.74, 6) is -1.03. The third kappa shape index (κ3) is 3.03. The molecule has 0 aliphatic carbocycles. The van der Waals surface area contributed by atoms with Crippen LogP contribution in [0, 0.1) is 0 Å². The molecule has 0 amide bonds. The molecular formula is C10H7ClO3. The van der Waals surface area contributed by atoms with Gasteiger partial charge < -0.3 is 5.11 Å². The van der Waals surface area contributed by atoms with E-state index in [4.69, 9.17) is 16.7 Å². The summed E-state index contributed by atoms with van der Waals surface area (Å²) >= 11 is 5.26. The molecule has 14 heavy (non-hydrogen) atoms. The number of benzene rings is 1. The summed E-state index contributed by atoms with van der Waals surface area (Å²) < 4.78 is 0. The van der Waals surface area contributed by atoms with Gasteiger partial charge in [-0.15, -0.1) is 0 Å². The molecule has 0 radical (unpaired) electrons. The number of hydrogen-bond donors (Lipinski definition) is 1. The minimum absolute atomic E-state index is 0.346. The van der Waals surface area contributed by atoms with E-state index in [2.05, 4.69) is 0 Å². The van der Waals surface area contributed by atoms with Gasteiger partial charge in [0.05, 0.1) is 0 Å². The molecule has 1 rings (SSSR count). The molecule has 0 aromatic heterocycles. The van der Waals surface area contributed by atoms with Crippen molar-refractivity contribution < 1.29 is 14.7 Å². The van der Waals surface area contributed by atoms with Crippen LogP contribution in [0.3, 0.4) is 0 Å². The van der Waals surface area contributed by atoms with E-state index >= 15 is 0 Å². The van der Waals surface area contributed by atoms with Crippen LogP contribution in [-0.2, 0) is 4.79 Å². The Hall–Kier alpha value is -1.61. The Morgan fingerprint density at radius 3 is 2.64 bits per heavy atom. The first kappa shape index (κ1) is 10.5. The van der Waals surface area contributed by atoms with Crippen molar-refractivity contribution in [2.24, 2.45) is 0 Å². The van der Waals surface area contributed by atoms with E-state index < -0.39 is 11.2 Å². The van der Waals surface area contributed by atoms with Gasteiger partial charge in [-0.25, -0.2) is 4.79 Å². The molecule has 0 atom stereocenters. The second-order valence-electron chi connectivity index (χ2n) is 2.57. The largest absolute Gasteiger partial charge is 0.478 e. The SMILES string of the molecule is O=C(O)C=Cc1cccc(C(=O)Cl)c1. The summed E-state index contributed by atoms with van der Waals surface area (Å²) in [4.78, 5) is 21.0. The third-order valence-corrected chi connectivity index (χ3v) is 1.75. The average molecular weight is 211 g/mol. The van der Waals surface area contributed by atoms with E-state index in [0.29, 0.717) is 11.1 Å². The van der Waals surface area contributed by atoms with Gasteiger partial charge >= 0.3 is 5.97 Å². The number of carboxylic acid groups (broad SMARTS) is 1. The molecule has 1 N–H and O–H groups in total. The molecule has 0 aliphatic heterocycles. The Morgan fingerprint density at radius 1 is 1.36 bits per heavy atom. The Labute approximate surface area is 85.6 Å². The molecule has 0 bridgehead atoms.